The summed E-state index contributed by atoms with van der Waals surface area (Å²) in [5, 5.41) is 0. The highest BCUT2D eigenvalue weighted by Crippen LogP contribution is 2.69. The highest BCUT2D eigenvalue weighted by molar-refractivity contribution is 7.81. The maximum absolute atomic E-state index is 11.9. The number of rotatable bonds is 11. The van der Waals surface area contributed by atoms with Crippen LogP contribution >= 0.6 is 0 Å². The molecule has 4 fully saturated rings. The molecule has 0 aromatic carbocycles. The summed E-state index contributed by atoms with van der Waals surface area (Å²) < 4.78 is 120. The maximum Gasteiger partial charge on any atom is 0.217 e. The van der Waals surface area contributed by atoms with Crippen molar-refractivity contribution in [1.29, 1.82) is 0 Å². The summed E-state index contributed by atoms with van der Waals surface area (Å²) >= 11 is 0. The third-order valence-corrected chi connectivity index (χ3v) is 13.8. The highest BCUT2D eigenvalue weighted by atomic mass is 32.3. The molecule has 12 nitrogen and oxygen atoms in total. The van der Waals surface area contributed by atoms with Gasteiger partial charge in [-0.1, -0.05) is 54.4 Å². The van der Waals surface area contributed by atoms with E-state index < -0.39 is 60.8 Å². The van der Waals surface area contributed by atoms with E-state index in [0.717, 1.165) is 38.5 Å². The molecule has 0 aromatic rings. The average molecular weight is 672 g/mol. The first-order valence-corrected chi connectivity index (χ1v) is 19.5. The lowest BCUT2D eigenvalue weighted by molar-refractivity contribution is -0.184. The van der Waals surface area contributed by atoms with Gasteiger partial charge in [0.1, 0.15) is 12.2 Å². The molecule has 0 radical (unpaired) electrons. The lowest BCUT2D eigenvalue weighted by Gasteiger charge is -2.63. The Labute approximate surface area is 257 Å². The van der Waals surface area contributed by atoms with Crippen LogP contribution in [0.3, 0.4) is 0 Å². The summed E-state index contributed by atoms with van der Waals surface area (Å²) in [5.41, 5.74) is -0.908. The van der Waals surface area contributed by atoms with Crippen LogP contribution in [0.25, 0.3) is 0 Å². The monoisotopic (exact) mass is 671 g/mol. The molecule has 0 amide bonds. The molecule has 0 saturated heterocycles. The third kappa shape index (κ3) is 7.78. The molecule has 0 heterocycles. The molecular formula is C28H47O12S3-3. The minimum absolute atomic E-state index is 0.0169. The lowest BCUT2D eigenvalue weighted by Crippen LogP contribution is -2.62. The molecule has 43 heavy (non-hydrogen) atoms. The van der Waals surface area contributed by atoms with E-state index in [1.165, 1.54) is 0 Å². The predicted octanol–water partition coefficient (Wildman–Crippen LogP) is 4.11. The van der Waals surface area contributed by atoms with E-state index in [-0.39, 0.29) is 42.4 Å². The van der Waals surface area contributed by atoms with E-state index in [4.69, 9.17) is 8.37 Å². The second-order valence-corrected chi connectivity index (χ2v) is 17.8. The maximum atomic E-state index is 11.9. The molecule has 12 atom stereocenters. The quantitative estimate of drug-likeness (QED) is 0.225. The summed E-state index contributed by atoms with van der Waals surface area (Å²) in [6, 6.07) is 0. The third-order valence-electron chi connectivity index (χ3n) is 12.3. The summed E-state index contributed by atoms with van der Waals surface area (Å²) in [6.07, 6.45) is 1.22. The van der Waals surface area contributed by atoms with E-state index >= 15 is 0 Å². The van der Waals surface area contributed by atoms with E-state index in [1.807, 2.05) is 6.92 Å². The van der Waals surface area contributed by atoms with Gasteiger partial charge in [-0.15, -0.1) is 0 Å². The molecule has 0 spiro atoms. The van der Waals surface area contributed by atoms with Crippen molar-refractivity contribution in [2.24, 2.45) is 58.2 Å². The Morgan fingerprint density at radius 2 is 1.21 bits per heavy atom. The fourth-order valence-electron chi connectivity index (χ4n) is 10.1. The standard InChI is InChI=1S/C28H50O12S3/c1-16(2)17(3)7-8-18(4)20-9-10-21-19-13-24(38-41(29,30)31)23-14-25(39-42(32,33)34)26(40-43(35,36)37)15-28(23,6)22(19)11-12-27(20,21)5/h16-26H,7-15H2,1-6H3,(H,29,30,31)(H,32,33,34)(H,35,36,37)/p-3/t17?,18-,19+,20-,21+,22+,23-,24+,25+,26+,27-,28-/m1/s1. The van der Waals surface area contributed by atoms with Crippen LogP contribution in [0.4, 0.5) is 0 Å². The van der Waals surface area contributed by atoms with Crippen molar-refractivity contribution in [3.05, 3.63) is 0 Å². The molecule has 15 heteroatoms. The Morgan fingerprint density at radius 1 is 0.674 bits per heavy atom. The molecule has 0 bridgehead atoms. The van der Waals surface area contributed by atoms with Crippen molar-refractivity contribution in [3.8, 4) is 0 Å². The SMILES string of the molecule is CC(C)C(C)CC[C@@H](C)[C@H]1CC[C@H]2[C@@H]3C[C@H](OS(=O)(=O)[O-])[C@H]4C[C@H](OS(=O)(=O)[O-])[C@@H](OS(=O)(=O)[O-])C[C@]4(C)[C@H]3CC[C@]12C. The Balaban J connectivity index is 1.67. The van der Waals surface area contributed by atoms with Gasteiger partial charge in [0.25, 0.3) is 0 Å². The molecule has 1 unspecified atom stereocenters. The molecular weight excluding hydrogens is 624 g/mol. The largest absolute Gasteiger partial charge is 0.726 e. The van der Waals surface area contributed by atoms with Crippen molar-refractivity contribution >= 4 is 31.2 Å². The van der Waals surface area contributed by atoms with Crippen LogP contribution < -0.4 is 0 Å². The first-order chi connectivity index (χ1) is 19.5. The van der Waals surface area contributed by atoms with Crippen LogP contribution in [0.1, 0.15) is 99.3 Å². The number of fused-ring (bicyclic) bond motifs is 5. The van der Waals surface area contributed by atoms with Crippen molar-refractivity contribution in [2.75, 3.05) is 0 Å². The first kappa shape index (κ1) is 35.5. The topological polar surface area (TPSA) is 199 Å². The van der Waals surface area contributed by atoms with Crippen LogP contribution in [0.5, 0.6) is 0 Å². The lowest BCUT2D eigenvalue weighted by atomic mass is 9.43. The van der Waals surface area contributed by atoms with Crippen LogP contribution in [0.15, 0.2) is 0 Å². The molecule has 0 N–H and O–H groups in total. The zero-order valence-corrected chi connectivity index (χ0v) is 28.3. The van der Waals surface area contributed by atoms with E-state index in [1.54, 1.807) is 0 Å². The van der Waals surface area contributed by atoms with Crippen molar-refractivity contribution in [3.63, 3.8) is 0 Å². The van der Waals surface area contributed by atoms with Crippen LogP contribution in [-0.4, -0.2) is 57.2 Å². The normalized spacial score (nSPS) is 41.7. The second kappa shape index (κ2) is 12.3. The number of hydrogen-bond acceptors (Lipinski definition) is 12. The van der Waals surface area contributed by atoms with Crippen molar-refractivity contribution in [1.82, 2.24) is 0 Å². The van der Waals surface area contributed by atoms with Crippen LogP contribution in [0.2, 0.25) is 0 Å². The van der Waals surface area contributed by atoms with Gasteiger partial charge in [-0.25, -0.2) is 25.3 Å². The second-order valence-electron chi connectivity index (χ2n) is 14.8. The van der Waals surface area contributed by atoms with Crippen molar-refractivity contribution < 1.29 is 51.5 Å². The minimum Gasteiger partial charge on any atom is -0.726 e. The first-order valence-electron chi connectivity index (χ1n) is 15.5. The van der Waals surface area contributed by atoms with Gasteiger partial charge in [0.2, 0.25) is 31.2 Å². The molecule has 0 aromatic heterocycles. The van der Waals surface area contributed by atoms with Gasteiger partial charge >= 0.3 is 0 Å². The molecule has 4 aliphatic rings. The Hall–Kier alpha value is -0.390. The van der Waals surface area contributed by atoms with Gasteiger partial charge in [-0.2, -0.15) is 0 Å². The van der Waals surface area contributed by atoms with Crippen LogP contribution in [-0.2, 0) is 43.7 Å². The predicted molar refractivity (Wildman–Crippen MR) is 152 cm³/mol. The molecule has 4 rings (SSSR count). The summed E-state index contributed by atoms with van der Waals surface area (Å²) in [7, 11) is -15.8. The van der Waals surface area contributed by atoms with Gasteiger partial charge in [0.05, 0.1) is 6.10 Å². The molecule has 0 aliphatic heterocycles. The van der Waals surface area contributed by atoms with Gasteiger partial charge in [-0.05, 0) is 103 Å². The highest BCUT2D eigenvalue weighted by Gasteiger charge is 2.64. The van der Waals surface area contributed by atoms with E-state index in [0.29, 0.717) is 23.7 Å². The van der Waals surface area contributed by atoms with E-state index in [2.05, 4.69) is 38.8 Å². The average Bonchev–Trinajstić information content (AvgIpc) is 3.18. The van der Waals surface area contributed by atoms with Crippen LogP contribution in [0, 0.1) is 58.2 Å². The number of hydrogen-bond donors (Lipinski definition) is 0. The smallest absolute Gasteiger partial charge is 0.217 e. The Kier molecular flexibility index (Phi) is 10.2. The summed E-state index contributed by atoms with van der Waals surface area (Å²) in [6.45, 7) is 13.2. The molecule has 252 valence electrons. The fraction of sp³-hybridized carbons (Fsp3) is 1.00. The zero-order chi connectivity index (χ0) is 32.3. The van der Waals surface area contributed by atoms with E-state index in [9.17, 15) is 38.9 Å². The van der Waals surface area contributed by atoms with Gasteiger partial charge < -0.3 is 13.7 Å². The van der Waals surface area contributed by atoms with Gasteiger partial charge in [0.15, 0.2) is 0 Å². The fourth-order valence-corrected chi connectivity index (χ4v) is 11.6. The Bertz CT molecular complexity index is 1330. The van der Waals surface area contributed by atoms with Gasteiger partial charge in [-0.3, -0.25) is 12.5 Å². The molecule has 4 saturated carbocycles. The molecule has 4 aliphatic carbocycles. The van der Waals surface area contributed by atoms with Crippen molar-refractivity contribution in [2.45, 2.75) is 118 Å². The Morgan fingerprint density at radius 3 is 1.77 bits per heavy atom. The van der Waals surface area contributed by atoms with Gasteiger partial charge in [0, 0.05) is 0 Å². The minimum atomic E-state index is -5.34. The summed E-state index contributed by atoms with van der Waals surface area (Å²) in [4.78, 5) is 0. The summed E-state index contributed by atoms with van der Waals surface area (Å²) in [5.74, 6) is 1.52. The zero-order valence-electron chi connectivity index (χ0n) is 25.8.